The Morgan fingerprint density at radius 1 is 1.22 bits per heavy atom. The molecule has 1 N–H and O–H groups in total. The van der Waals surface area contributed by atoms with Crippen LogP contribution in [-0.2, 0) is 15.3 Å². The summed E-state index contributed by atoms with van der Waals surface area (Å²) >= 11 is 7.51. The maximum Gasteiger partial charge on any atom is 0.407 e. The Morgan fingerprint density at radius 3 is 2.44 bits per heavy atom. The number of hydrogen-bond acceptors (Lipinski definition) is 4. The Hall–Kier alpha value is -1.40. The van der Waals surface area contributed by atoms with Crippen LogP contribution in [-0.4, -0.2) is 47.9 Å². The monoisotopic (exact) mass is 412 g/mol. The number of ether oxygens (including phenoxy) is 1. The highest BCUT2D eigenvalue weighted by Gasteiger charge is 2.24. The van der Waals surface area contributed by atoms with E-state index >= 15 is 0 Å². The van der Waals surface area contributed by atoms with Crippen molar-refractivity contribution in [2.75, 3.05) is 25.4 Å². The second-order valence-corrected chi connectivity index (χ2v) is 9.25. The molecule has 0 aliphatic carbocycles. The van der Waals surface area contributed by atoms with Gasteiger partial charge < -0.3 is 15.0 Å². The second kappa shape index (κ2) is 10.2. The van der Waals surface area contributed by atoms with E-state index < -0.39 is 5.60 Å². The normalized spacial score (nSPS) is 15.5. The van der Waals surface area contributed by atoms with Crippen molar-refractivity contribution >= 4 is 35.4 Å². The number of thioether (sulfide) groups is 1. The number of carbonyl (C=O) groups excluding carboxylic acids is 2. The average molecular weight is 413 g/mol. The lowest BCUT2D eigenvalue weighted by Crippen LogP contribution is -2.43. The highest BCUT2D eigenvalue weighted by molar-refractivity contribution is 7.99. The van der Waals surface area contributed by atoms with Gasteiger partial charge in [-0.2, -0.15) is 0 Å². The minimum atomic E-state index is -0.483. The molecule has 0 spiro atoms. The fourth-order valence-electron chi connectivity index (χ4n) is 2.86. The summed E-state index contributed by atoms with van der Waals surface area (Å²) in [7, 11) is 0. The summed E-state index contributed by atoms with van der Waals surface area (Å²) in [6, 6.07) is 7.72. The van der Waals surface area contributed by atoms with Crippen LogP contribution in [0.25, 0.3) is 0 Å². The van der Waals surface area contributed by atoms with Gasteiger partial charge in [0.15, 0.2) is 0 Å². The third kappa shape index (κ3) is 8.43. The predicted molar refractivity (Wildman–Crippen MR) is 111 cm³/mol. The zero-order valence-corrected chi connectivity index (χ0v) is 17.9. The molecule has 1 saturated heterocycles. The molecule has 7 heteroatoms. The maximum atomic E-state index is 12.4. The first-order valence-electron chi connectivity index (χ1n) is 9.30. The van der Waals surface area contributed by atoms with E-state index in [9.17, 15) is 9.59 Å². The summed E-state index contributed by atoms with van der Waals surface area (Å²) in [5, 5.41) is 3.56. The maximum absolute atomic E-state index is 12.4. The minimum Gasteiger partial charge on any atom is -0.444 e. The van der Waals surface area contributed by atoms with E-state index in [0.29, 0.717) is 18.2 Å². The molecule has 0 atom stereocenters. The topological polar surface area (TPSA) is 58.6 Å². The van der Waals surface area contributed by atoms with Crippen LogP contribution in [0, 0.1) is 5.92 Å². The van der Waals surface area contributed by atoms with Gasteiger partial charge >= 0.3 is 6.09 Å². The fraction of sp³-hybridized carbons (Fsp3) is 0.600. The SMILES string of the molecule is CC(C)(C)OC(=O)NCC1CCN(C(=O)CSCc2ccc(Cl)cc2)CC1. The van der Waals surface area contributed by atoms with Crippen molar-refractivity contribution in [3.63, 3.8) is 0 Å². The molecule has 150 valence electrons. The minimum absolute atomic E-state index is 0.188. The van der Waals surface area contributed by atoms with Crippen molar-refractivity contribution in [1.29, 1.82) is 0 Å². The Bertz CT molecular complexity index is 623. The van der Waals surface area contributed by atoms with Crippen LogP contribution < -0.4 is 5.32 Å². The molecule has 0 unspecified atom stereocenters. The van der Waals surface area contributed by atoms with Crippen LogP contribution in [0.4, 0.5) is 4.79 Å². The summed E-state index contributed by atoms with van der Waals surface area (Å²) in [6.45, 7) is 7.65. The first-order chi connectivity index (χ1) is 12.7. The number of hydrogen-bond donors (Lipinski definition) is 1. The summed E-state index contributed by atoms with van der Waals surface area (Å²) in [5.74, 6) is 1.87. The quantitative estimate of drug-likeness (QED) is 0.755. The highest BCUT2D eigenvalue weighted by Crippen LogP contribution is 2.20. The van der Waals surface area contributed by atoms with Gasteiger partial charge in [0.1, 0.15) is 5.60 Å². The van der Waals surface area contributed by atoms with E-state index in [1.54, 1.807) is 11.8 Å². The number of nitrogens with one attached hydrogen (secondary N) is 1. The van der Waals surface area contributed by atoms with Crippen LogP contribution in [0.2, 0.25) is 5.02 Å². The third-order valence-electron chi connectivity index (χ3n) is 4.31. The number of likely N-dealkylation sites (tertiary alicyclic amines) is 1. The Labute approximate surface area is 171 Å². The Balaban J connectivity index is 1.62. The van der Waals surface area contributed by atoms with Gasteiger partial charge in [0, 0.05) is 30.4 Å². The number of carbonyl (C=O) groups is 2. The standard InChI is InChI=1S/C20H29ClN2O3S/c1-20(2,3)26-19(25)22-12-15-8-10-23(11-9-15)18(24)14-27-13-16-4-6-17(21)7-5-16/h4-7,15H,8-14H2,1-3H3,(H,22,25). The lowest BCUT2D eigenvalue weighted by molar-refractivity contribution is -0.129. The van der Waals surface area contributed by atoms with E-state index in [1.807, 2.05) is 49.9 Å². The highest BCUT2D eigenvalue weighted by atomic mass is 35.5. The van der Waals surface area contributed by atoms with E-state index in [4.69, 9.17) is 16.3 Å². The summed E-state index contributed by atoms with van der Waals surface area (Å²) in [4.78, 5) is 26.0. The van der Waals surface area contributed by atoms with Crippen LogP contribution in [0.15, 0.2) is 24.3 Å². The molecule has 1 aliphatic rings. The van der Waals surface area contributed by atoms with Gasteiger partial charge in [-0.3, -0.25) is 4.79 Å². The first kappa shape index (κ1) is 21.9. The van der Waals surface area contributed by atoms with Crippen molar-refractivity contribution < 1.29 is 14.3 Å². The van der Waals surface area contributed by atoms with E-state index in [1.165, 1.54) is 5.56 Å². The molecule has 0 aromatic heterocycles. The van der Waals surface area contributed by atoms with Gasteiger partial charge in [-0.05, 0) is 57.2 Å². The van der Waals surface area contributed by atoms with Gasteiger partial charge in [-0.15, -0.1) is 11.8 Å². The van der Waals surface area contributed by atoms with Gasteiger partial charge in [-0.25, -0.2) is 4.79 Å². The molecule has 1 fully saturated rings. The zero-order chi connectivity index (χ0) is 19.9. The van der Waals surface area contributed by atoms with Crippen LogP contribution >= 0.6 is 23.4 Å². The molecule has 0 bridgehead atoms. The molecule has 2 rings (SSSR count). The van der Waals surface area contributed by atoms with Crippen molar-refractivity contribution in [1.82, 2.24) is 10.2 Å². The molecule has 1 aromatic carbocycles. The molecule has 1 heterocycles. The summed E-state index contributed by atoms with van der Waals surface area (Å²) < 4.78 is 5.25. The summed E-state index contributed by atoms with van der Waals surface area (Å²) in [6.07, 6.45) is 1.44. The number of rotatable bonds is 6. The molecule has 1 aromatic rings. The largest absolute Gasteiger partial charge is 0.444 e. The number of nitrogens with zero attached hydrogens (tertiary/aromatic N) is 1. The van der Waals surface area contributed by atoms with Crippen LogP contribution in [0.3, 0.4) is 0 Å². The van der Waals surface area contributed by atoms with Crippen LogP contribution in [0.5, 0.6) is 0 Å². The number of alkyl carbamates (subject to hydrolysis) is 1. The molecule has 27 heavy (non-hydrogen) atoms. The zero-order valence-electron chi connectivity index (χ0n) is 16.3. The van der Waals surface area contributed by atoms with E-state index in [0.717, 1.165) is 36.7 Å². The van der Waals surface area contributed by atoms with Gasteiger partial charge in [0.05, 0.1) is 5.75 Å². The Kier molecular flexibility index (Phi) is 8.29. The van der Waals surface area contributed by atoms with Gasteiger partial charge in [-0.1, -0.05) is 23.7 Å². The van der Waals surface area contributed by atoms with E-state index in [2.05, 4.69) is 5.32 Å². The number of benzene rings is 1. The smallest absolute Gasteiger partial charge is 0.407 e. The molecule has 2 amide bonds. The predicted octanol–water partition coefficient (Wildman–Crippen LogP) is 4.34. The molecule has 1 aliphatic heterocycles. The molecule has 0 saturated carbocycles. The molecule has 5 nitrogen and oxygen atoms in total. The number of halogens is 1. The Morgan fingerprint density at radius 2 is 1.85 bits per heavy atom. The van der Waals surface area contributed by atoms with Crippen molar-refractivity contribution in [2.45, 2.75) is 45.0 Å². The molecule has 0 radical (unpaired) electrons. The van der Waals surface area contributed by atoms with Gasteiger partial charge in [0.25, 0.3) is 0 Å². The third-order valence-corrected chi connectivity index (χ3v) is 5.55. The summed E-state index contributed by atoms with van der Waals surface area (Å²) in [5.41, 5.74) is 0.688. The fourth-order valence-corrected chi connectivity index (χ4v) is 3.87. The number of amides is 2. The lowest BCUT2D eigenvalue weighted by atomic mass is 9.97. The van der Waals surface area contributed by atoms with E-state index in [-0.39, 0.29) is 12.0 Å². The first-order valence-corrected chi connectivity index (χ1v) is 10.8. The van der Waals surface area contributed by atoms with Crippen molar-refractivity contribution in [2.24, 2.45) is 5.92 Å². The average Bonchev–Trinajstić information content (AvgIpc) is 2.60. The second-order valence-electron chi connectivity index (χ2n) is 7.83. The molecular weight excluding hydrogens is 384 g/mol. The molecular formula is C20H29ClN2O3S. The van der Waals surface area contributed by atoms with Crippen molar-refractivity contribution in [3.8, 4) is 0 Å². The van der Waals surface area contributed by atoms with Crippen molar-refractivity contribution in [3.05, 3.63) is 34.9 Å². The van der Waals surface area contributed by atoms with Gasteiger partial charge in [0.2, 0.25) is 5.91 Å². The lowest BCUT2D eigenvalue weighted by Gasteiger charge is -2.32. The number of piperidine rings is 1. The van der Waals surface area contributed by atoms with Crippen LogP contribution in [0.1, 0.15) is 39.2 Å².